The van der Waals surface area contributed by atoms with E-state index in [1.54, 1.807) is 0 Å². The maximum absolute atomic E-state index is 10.9. The van der Waals surface area contributed by atoms with Gasteiger partial charge in [0.2, 0.25) is 5.91 Å². The first-order chi connectivity index (χ1) is 6.15. The van der Waals surface area contributed by atoms with Gasteiger partial charge in [0.25, 0.3) is 5.91 Å². The summed E-state index contributed by atoms with van der Waals surface area (Å²) in [6.45, 7) is 0. The molecule has 4 N–H and O–H groups in total. The molecule has 0 unspecified atom stereocenters. The first-order valence-electron chi connectivity index (χ1n) is 3.49. The number of nitrogens with one attached hydrogen (secondary N) is 1. The van der Waals surface area contributed by atoms with Crippen LogP contribution >= 0.6 is 0 Å². The lowest BCUT2D eigenvalue weighted by molar-refractivity contribution is 0.0706. The Hall–Kier alpha value is -1.88. The second-order valence-electron chi connectivity index (χ2n) is 2.39. The van der Waals surface area contributed by atoms with E-state index in [-0.39, 0.29) is 11.1 Å². The normalized spacial score (nSPS) is 9.31. The van der Waals surface area contributed by atoms with Crippen molar-refractivity contribution in [3.05, 3.63) is 35.4 Å². The molecule has 68 valence electrons. The fourth-order valence-corrected chi connectivity index (χ4v) is 0.878. The summed E-state index contributed by atoms with van der Waals surface area (Å²) in [4.78, 5) is 21.6. The highest BCUT2D eigenvalue weighted by Crippen LogP contribution is 2.03. The monoisotopic (exact) mass is 180 g/mol. The van der Waals surface area contributed by atoms with E-state index in [1.165, 1.54) is 29.7 Å². The maximum Gasteiger partial charge on any atom is 0.274 e. The first-order valence-corrected chi connectivity index (χ1v) is 3.49. The van der Waals surface area contributed by atoms with E-state index >= 15 is 0 Å². The summed E-state index contributed by atoms with van der Waals surface area (Å²) < 4.78 is 0. The summed E-state index contributed by atoms with van der Waals surface area (Å²) in [6.07, 6.45) is 0. The molecule has 0 spiro atoms. The summed E-state index contributed by atoms with van der Waals surface area (Å²) in [7, 11) is 0. The molecule has 13 heavy (non-hydrogen) atoms. The van der Waals surface area contributed by atoms with E-state index in [0.717, 1.165) is 0 Å². The topological polar surface area (TPSA) is 92.4 Å². The van der Waals surface area contributed by atoms with Crippen molar-refractivity contribution in [2.45, 2.75) is 0 Å². The van der Waals surface area contributed by atoms with Crippen molar-refractivity contribution >= 4 is 11.8 Å². The lowest BCUT2D eigenvalue weighted by atomic mass is 10.1. The van der Waals surface area contributed by atoms with Crippen LogP contribution in [0.4, 0.5) is 0 Å². The molecule has 1 aromatic rings. The van der Waals surface area contributed by atoms with E-state index in [4.69, 9.17) is 10.9 Å². The van der Waals surface area contributed by atoms with Crippen LogP contribution in [0.25, 0.3) is 0 Å². The predicted molar refractivity (Wildman–Crippen MR) is 44.2 cm³/mol. The van der Waals surface area contributed by atoms with E-state index in [0.29, 0.717) is 0 Å². The molecule has 0 aromatic heterocycles. The van der Waals surface area contributed by atoms with Crippen LogP contribution in [0.1, 0.15) is 20.7 Å². The number of hydrogen-bond acceptors (Lipinski definition) is 3. The van der Waals surface area contributed by atoms with Gasteiger partial charge in [-0.15, -0.1) is 0 Å². The molecule has 1 rings (SSSR count). The predicted octanol–water partition coefficient (Wildman–Crippen LogP) is -0.0955. The molecule has 0 aliphatic heterocycles. The van der Waals surface area contributed by atoms with Crippen molar-refractivity contribution in [2.24, 2.45) is 5.73 Å². The van der Waals surface area contributed by atoms with Crippen LogP contribution in [0.3, 0.4) is 0 Å². The average molecular weight is 180 g/mol. The minimum atomic E-state index is -0.678. The van der Waals surface area contributed by atoms with Crippen LogP contribution in [-0.4, -0.2) is 17.0 Å². The molecule has 5 nitrogen and oxygen atoms in total. The standard InChI is InChI=1S/C8H8N2O3/c9-7(11)5-2-1-3-6(4-5)8(12)10-13/h1-4,13H,(H2,9,11)(H,10,12). The minimum Gasteiger partial charge on any atom is -0.366 e. The molecule has 0 saturated heterocycles. The summed E-state index contributed by atoms with van der Waals surface area (Å²) in [5, 5.41) is 8.30. The molecule has 0 fully saturated rings. The lowest BCUT2D eigenvalue weighted by Crippen LogP contribution is -2.19. The highest BCUT2D eigenvalue weighted by atomic mass is 16.5. The van der Waals surface area contributed by atoms with Gasteiger partial charge >= 0.3 is 0 Å². The molecule has 5 heteroatoms. The SMILES string of the molecule is NC(=O)c1cccc(C(=O)NO)c1. The van der Waals surface area contributed by atoms with Gasteiger partial charge in [-0.25, -0.2) is 5.48 Å². The molecule has 0 saturated carbocycles. The molecule has 0 aliphatic carbocycles. The van der Waals surface area contributed by atoms with Gasteiger partial charge in [0.15, 0.2) is 0 Å². The van der Waals surface area contributed by atoms with Crippen LogP contribution < -0.4 is 11.2 Å². The van der Waals surface area contributed by atoms with E-state index in [2.05, 4.69) is 0 Å². The van der Waals surface area contributed by atoms with Gasteiger partial charge in [0, 0.05) is 11.1 Å². The highest BCUT2D eigenvalue weighted by molar-refractivity contribution is 5.98. The Morgan fingerprint density at radius 2 is 1.92 bits per heavy atom. The number of amides is 2. The first kappa shape index (κ1) is 9.21. The van der Waals surface area contributed by atoms with Gasteiger partial charge in [-0.2, -0.15) is 0 Å². The van der Waals surface area contributed by atoms with Gasteiger partial charge in [-0.3, -0.25) is 14.8 Å². The maximum atomic E-state index is 10.9. The van der Waals surface area contributed by atoms with Gasteiger partial charge in [0.1, 0.15) is 0 Å². The number of nitrogens with two attached hydrogens (primary N) is 1. The van der Waals surface area contributed by atoms with Crippen molar-refractivity contribution in [1.82, 2.24) is 5.48 Å². The van der Waals surface area contributed by atoms with E-state index in [1.807, 2.05) is 0 Å². The fourth-order valence-electron chi connectivity index (χ4n) is 0.878. The van der Waals surface area contributed by atoms with Gasteiger partial charge in [-0.1, -0.05) is 6.07 Å². The minimum absolute atomic E-state index is 0.179. The molecular weight excluding hydrogens is 172 g/mol. The number of benzene rings is 1. The molecular formula is C8H8N2O3. The zero-order valence-corrected chi connectivity index (χ0v) is 6.65. The molecule has 2 amide bonds. The number of hydroxylamine groups is 1. The zero-order valence-electron chi connectivity index (χ0n) is 6.65. The van der Waals surface area contributed by atoms with Gasteiger partial charge in [0.05, 0.1) is 0 Å². The summed E-state index contributed by atoms with van der Waals surface area (Å²) in [6, 6.07) is 5.74. The smallest absolute Gasteiger partial charge is 0.274 e. The number of carbonyl (C=O) groups is 2. The van der Waals surface area contributed by atoms with Crippen molar-refractivity contribution < 1.29 is 14.8 Å². The van der Waals surface area contributed by atoms with E-state index in [9.17, 15) is 9.59 Å². The summed E-state index contributed by atoms with van der Waals surface area (Å²) >= 11 is 0. The number of hydrogen-bond donors (Lipinski definition) is 3. The molecule has 1 aromatic carbocycles. The van der Waals surface area contributed by atoms with Crippen LogP contribution in [0.5, 0.6) is 0 Å². The van der Waals surface area contributed by atoms with Gasteiger partial charge in [-0.05, 0) is 18.2 Å². The fraction of sp³-hybridized carbons (Fsp3) is 0. The Morgan fingerprint density at radius 1 is 1.31 bits per heavy atom. The molecule has 0 heterocycles. The Kier molecular flexibility index (Phi) is 2.61. The molecule has 0 bridgehead atoms. The van der Waals surface area contributed by atoms with E-state index < -0.39 is 11.8 Å². The number of primary amides is 1. The Morgan fingerprint density at radius 3 is 2.46 bits per heavy atom. The van der Waals surface area contributed by atoms with Gasteiger partial charge < -0.3 is 5.73 Å². The largest absolute Gasteiger partial charge is 0.366 e. The summed E-state index contributed by atoms with van der Waals surface area (Å²) in [5.41, 5.74) is 6.85. The second kappa shape index (κ2) is 3.68. The highest BCUT2D eigenvalue weighted by Gasteiger charge is 2.06. The third-order valence-electron chi connectivity index (χ3n) is 1.51. The molecule has 0 radical (unpaired) electrons. The number of rotatable bonds is 2. The van der Waals surface area contributed by atoms with Crippen LogP contribution in [-0.2, 0) is 0 Å². The van der Waals surface area contributed by atoms with Crippen molar-refractivity contribution in [3.8, 4) is 0 Å². The second-order valence-corrected chi connectivity index (χ2v) is 2.39. The number of carbonyl (C=O) groups excluding carboxylic acids is 2. The van der Waals surface area contributed by atoms with Crippen molar-refractivity contribution in [2.75, 3.05) is 0 Å². The van der Waals surface area contributed by atoms with Crippen molar-refractivity contribution in [3.63, 3.8) is 0 Å². The lowest BCUT2D eigenvalue weighted by Gasteiger charge is -1.99. The van der Waals surface area contributed by atoms with Crippen LogP contribution in [0, 0.1) is 0 Å². The quantitative estimate of drug-likeness (QED) is 0.438. The molecule has 0 aliphatic rings. The zero-order chi connectivity index (χ0) is 9.84. The Bertz CT molecular complexity index is 349. The summed E-state index contributed by atoms with van der Waals surface area (Å²) in [5.74, 6) is -1.30. The molecule has 0 atom stereocenters. The van der Waals surface area contributed by atoms with Crippen LogP contribution in [0.15, 0.2) is 24.3 Å². The van der Waals surface area contributed by atoms with Crippen molar-refractivity contribution in [1.29, 1.82) is 0 Å². The third kappa shape index (κ3) is 2.03. The third-order valence-corrected chi connectivity index (χ3v) is 1.51. The van der Waals surface area contributed by atoms with Crippen LogP contribution in [0.2, 0.25) is 0 Å². The Balaban J connectivity index is 3.05. The average Bonchev–Trinajstić information content (AvgIpc) is 2.17. The Labute approximate surface area is 74.1 Å².